The van der Waals surface area contributed by atoms with Crippen LogP contribution in [-0.2, 0) is 28.5 Å². The van der Waals surface area contributed by atoms with E-state index in [1.54, 1.807) is 55.2 Å². The lowest BCUT2D eigenvalue weighted by atomic mass is 10.1. The van der Waals surface area contributed by atoms with E-state index < -0.39 is 47.4 Å². The number of imidazole rings is 4. The minimum absolute atomic E-state index is 0. The standard InChI is InChI=1S/C35H34Cl3N7O5.C31H34Cl3N5O4.C27H27Cl3N4O2.ClH/c1-49-33(47)43-29(24-7-3-2-4-8-24)32(46)44-17-5-9-27(44)30-39-19-25(41-30)16-13-22-11-14-23(15-12-22)26-20-40-31(42-26)28-10-6-18-45(28)34(48)50-21-35(36,37)38;1-30(2,3)43-29(41)39-17-5-7-26(39)27-35-18-22(36-27)13-10-20-8-11-21(12-9-20)23-14-15-24(37-23)25-6-4-16-38(25)28(40)42-19-31(32,33)34;28-27(29,30)17-36-26(35)34-15-3-6-24(34)23-14-13-22(33-23)19-10-7-18(8-11-19)9-12-21-16-31-25(32-21)20-4-1-2-5-20;/h2-4,7-8,11-12,14-15,19-20,27-29H,5-6,9-10,17-18,21H2,1H3,(H,39,41)(H,40,42)(H,43,47);8-9,11-12,14,18,25-26H,4-7,15-17,19H2,1-3H3,(H,35,36);7-8,10-11,13,16,20,24H,1-6,14-15,17H2,(H,31,32);1H/t27-,28-,29+;25-,26-;24-;/m000./s1. The molecule has 1 saturated carbocycles. The Balaban J connectivity index is 0.000000168. The maximum atomic E-state index is 13.7. The zero-order chi connectivity index (χ0) is 91.2. The van der Waals surface area contributed by atoms with E-state index in [1.807, 2.05) is 118 Å². The Morgan fingerprint density at radius 1 is 0.431 bits per heavy atom. The number of benzene rings is 4. The molecule has 4 aromatic heterocycles. The molecule has 0 spiro atoms. The first kappa shape index (κ1) is 97.5. The second-order valence-corrected chi connectivity index (χ2v) is 40.6. The smallest absolute Gasteiger partial charge is 0.410 e. The van der Waals surface area contributed by atoms with E-state index in [0.29, 0.717) is 85.9 Å². The number of hydrogen-bond donors (Lipinski definition) is 5. The minimum Gasteiger partial charge on any atom is -0.453 e. The molecule has 0 unspecified atom stereocenters. The number of nitrogens with zero attached hydrogens (tertiary/aromatic N) is 11. The lowest BCUT2D eigenvalue weighted by Gasteiger charge is -2.28. The van der Waals surface area contributed by atoms with Gasteiger partial charge in [-0.1, -0.05) is 214 Å². The molecule has 4 aromatic carbocycles. The summed E-state index contributed by atoms with van der Waals surface area (Å²) in [6.45, 7) is 7.52. The predicted octanol–water partition coefficient (Wildman–Crippen LogP) is 20.7. The van der Waals surface area contributed by atoms with E-state index in [1.165, 1.54) is 32.8 Å². The first-order valence-corrected chi connectivity index (χ1v) is 46.0. The minimum atomic E-state index is -1.68. The van der Waals surface area contributed by atoms with Crippen molar-refractivity contribution in [1.82, 2.24) is 69.7 Å². The highest BCUT2D eigenvalue weighted by molar-refractivity contribution is 6.68. The van der Waals surface area contributed by atoms with Crippen LogP contribution in [0.15, 0.2) is 150 Å². The van der Waals surface area contributed by atoms with Crippen LogP contribution in [0.4, 0.5) is 24.0 Å². The second kappa shape index (κ2) is 44.0. The molecule has 6 atom stereocenters. The van der Waals surface area contributed by atoms with Crippen LogP contribution in [-0.4, -0.2) is 201 Å². The third kappa shape index (κ3) is 26.4. The summed E-state index contributed by atoms with van der Waals surface area (Å²) in [4.78, 5) is 126. The molecule has 684 valence electrons. The van der Waals surface area contributed by atoms with Crippen molar-refractivity contribution >= 4 is 176 Å². The van der Waals surface area contributed by atoms with Crippen LogP contribution in [0.5, 0.6) is 0 Å². The van der Waals surface area contributed by atoms with Gasteiger partial charge in [-0.15, -0.1) is 12.4 Å². The Morgan fingerprint density at radius 2 is 0.792 bits per heavy atom. The highest BCUT2D eigenvalue weighted by Gasteiger charge is 2.42. The first-order chi connectivity index (χ1) is 61.8. The lowest BCUT2D eigenvalue weighted by Crippen LogP contribution is -2.42. The van der Waals surface area contributed by atoms with Crippen molar-refractivity contribution in [2.24, 2.45) is 9.98 Å². The number of methoxy groups -OCH3 is 1. The molecule has 130 heavy (non-hydrogen) atoms. The summed E-state index contributed by atoms with van der Waals surface area (Å²) in [5, 5.41) is 2.68. The Hall–Kier alpha value is -10.1. The molecule has 11 heterocycles. The number of allylic oxidation sites excluding steroid dienone is 2. The van der Waals surface area contributed by atoms with E-state index in [2.05, 4.69) is 92.9 Å². The van der Waals surface area contributed by atoms with Gasteiger partial charge in [0.2, 0.25) is 11.4 Å². The number of nitrogens with one attached hydrogen (secondary N) is 5. The highest BCUT2D eigenvalue weighted by atomic mass is 35.6. The van der Waals surface area contributed by atoms with Gasteiger partial charge in [-0.3, -0.25) is 34.4 Å². The van der Waals surface area contributed by atoms with Crippen molar-refractivity contribution < 1.29 is 52.5 Å². The number of alkyl carbamates (subject to hydrolysis) is 1. The normalized spacial score (nSPS) is 19.2. The topological polar surface area (TPSA) is 316 Å². The van der Waals surface area contributed by atoms with E-state index >= 15 is 0 Å². The molecule has 27 nitrogen and oxygen atoms in total. The third-order valence-corrected chi connectivity index (χ3v) is 23.7. The molecule has 1 aliphatic carbocycles. The number of likely N-dealkylation sites (tertiary alicyclic amines) is 5. The lowest BCUT2D eigenvalue weighted by molar-refractivity contribution is -0.134. The van der Waals surface area contributed by atoms with E-state index in [-0.39, 0.29) is 74.4 Å². The van der Waals surface area contributed by atoms with Crippen molar-refractivity contribution in [3.8, 4) is 46.8 Å². The number of halogens is 10. The summed E-state index contributed by atoms with van der Waals surface area (Å²) in [6.07, 6.45) is 23.0. The van der Waals surface area contributed by atoms with Crippen molar-refractivity contribution in [3.63, 3.8) is 0 Å². The van der Waals surface area contributed by atoms with Gasteiger partial charge in [-0.25, -0.2) is 43.9 Å². The number of rotatable bonds is 15. The number of amides is 6. The molecule has 7 aliphatic heterocycles. The van der Waals surface area contributed by atoms with Crippen molar-refractivity contribution in [2.45, 2.75) is 183 Å². The van der Waals surface area contributed by atoms with Crippen LogP contribution in [0.25, 0.3) is 22.7 Å². The fourth-order valence-corrected chi connectivity index (χ4v) is 17.2. The van der Waals surface area contributed by atoms with Crippen LogP contribution >= 0.6 is 117 Å². The van der Waals surface area contributed by atoms with Crippen molar-refractivity contribution in [1.29, 1.82) is 0 Å². The summed E-state index contributed by atoms with van der Waals surface area (Å²) in [5.41, 5.74) is 12.1. The van der Waals surface area contributed by atoms with Crippen LogP contribution in [0.1, 0.15) is 227 Å². The highest BCUT2D eigenvalue weighted by Crippen LogP contribution is 2.40. The van der Waals surface area contributed by atoms with Crippen LogP contribution in [0, 0.1) is 35.5 Å². The Bertz CT molecular complexity index is 5680. The molecule has 37 heteroatoms. The molecule has 5 N–H and O–H groups in total. The molecule has 0 bridgehead atoms. The maximum absolute atomic E-state index is 13.7. The number of aromatic nitrogens is 8. The number of carbonyl (C=O) groups excluding carboxylic acids is 6. The largest absolute Gasteiger partial charge is 0.453 e. The molecular formula is C93H96Cl10N16O11. The van der Waals surface area contributed by atoms with Gasteiger partial charge >= 0.3 is 30.5 Å². The summed E-state index contributed by atoms with van der Waals surface area (Å²) < 4.78 is 21.0. The molecule has 6 amide bonds. The molecule has 6 fully saturated rings. The molecule has 8 aliphatic rings. The van der Waals surface area contributed by atoms with Crippen LogP contribution < -0.4 is 5.32 Å². The van der Waals surface area contributed by atoms with Gasteiger partial charge in [-0.2, -0.15) is 0 Å². The number of H-pyrrole nitrogens is 4. The summed E-state index contributed by atoms with van der Waals surface area (Å²) in [7, 11) is 1.27. The van der Waals surface area contributed by atoms with Crippen LogP contribution in [0.2, 0.25) is 0 Å². The fourth-order valence-electron chi connectivity index (χ4n) is 16.7. The van der Waals surface area contributed by atoms with Gasteiger partial charge in [0.05, 0.1) is 79.2 Å². The number of ether oxygens (including phenoxy) is 5. The Labute approximate surface area is 804 Å². The quantitative estimate of drug-likeness (QED) is 0.0362. The fraction of sp³-hybridized carbons (Fsp3) is 0.419. The molecule has 5 saturated heterocycles. The second-order valence-electron chi connectivity index (χ2n) is 33.0. The molecule has 16 rings (SSSR count). The van der Waals surface area contributed by atoms with Crippen molar-refractivity contribution in [2.75, 3.05) is 59.7 Å². The number of hydrogen-bond acceptors (Lipinski definition) is 17. The van der Waals surface area contributed by atoms with Gasteiger partial charge in [0.15, 0.2) is 0 Å². The van der Waals surface area contributed by atoms with Gasteiger partial charge in [0.1, 0.15) is 71.8 Å². The maximum Gasteiger partial charge on any atom is 0.410 e. The Kier molecular flexibility index (Phi) is 33.0. The van der Waals surface area contributed by atoms with E-state index in [0.717, 1.165) is 138 Å². The van der Waals surface area contributed by atoms with Gasteiger partial charge in [0, 0.05) is 79.6 Å². The first-order valence-electron chi connectivity index (χ1n) is 42.6. The number of aliphatic imine (C=N–C) groups is 2. The zero-order valence-corrected chi connectivity index (χ0v) is 79.1. The number of aromatic amines is 4. The number of carbonyl (C=O) groups is 6. The molecular weight excluding hydrogens is 1870 g/mol. The molecule has 8 aromatic rings. The third-order valence-electron chi connectivity index (χ3n) is 22.7. The van der Waals surface area contributed by atoms with Gasteiger partial charge in [0.25, 0.3) is 5.91 Å². The summed E-state index contributed by atoms with van der Waals surface area (Å²) in [5.74, 6) is 22.4. The average molecular weight is 1970 g/mol. The zero-order valence-electron chi connectivity index (χ0n) is 71.5. The van der Waals surface area contributed by atoms with E-state index in [4.69, 9.17) is 138 Å². The van der Waals surface area contributed by atoms with E-state index in [9.17, 15) is 28.8 Å². The molecule has 0 radical (unpaired) electrons. The predicted molar refractivity (Wildman–Crippen MR) is 506 cm³/mol. The number of alkyl halides is 9. The monoisotopic (exact) mass is 1960 g/mol. The summed E-state index contributed by atoms with van der Waals surface area (Å²) >= 11 is 51.5. The van der Waals surface area contributed by atoms with Gasteiger partial charge in [-0.05, 0) is 174 Å². The SMILES string of the molecule is CC(C)(C)OC(=O)N1CCC[C@H]1c1ncc(C#Cc2ccc(C3=CCC([C@@H]4CCCN4C(=O)OCC(Cl)(Cl)Cl)=N3)cc2)[nH]1.COC(=O)N[C@@H](C(=O)N1CCC[C@H]1c1ncc(C#Cc2ccc(-c3cnc([C@@H]4CCCN4C(=O)OCC(Cl)(Cl)Cl)[nH]3)cc2)[nH]1)c1ccccc1.Cl.O=C(OCC(Cl)(Cl)Cl)N1CCC[C@H]1C1=NC(c2ccc(C#Cc3cnc(C4CCCC4)[nH]3)cc2)=CC1. The van der Waals surface area contributed by atoms with Crippen molar-refractivity contribution in [3.05, 3.63) is 214 Å². The average Bonchev–Trinajstić information content (AvgIpc) is 1.68. The van der Waals surface area contributed by atoms with Crippen LogP contribution in [0.3, 0.4) is 0 Å². The Morgan fingerprint density at radius 3 is 1.21 bits per heavy atom. The van der Waals surface area contributed by atoms with Gasteiger partial charge < -0.3 is 53.8 Å². The summed E-state index contributed by atoms with van der Waals surface area (Å²) in [6, 6.07) is 30.9.